The van der Waals surface area contributed by atoms with E-state index in [2.05, 4.69) is 22.0 Å². The molecule has 2 aromatic heterocycles. The van der Waals surface area contributed by atoms with E-state index in [1.54, 1.807) is 6.20 Å². The number of nitrogens with zero attached hydrogens (tertiary/aromatic N) is 4. The fraction of sp³-hybridized carbons (Fsp3) is 0.500. The van der Waals surface area contributed by atoms with Gasteiger partial charge in [0.05, 0.1) is 0 Å². The van der Waals surface area contributed by atoms with E-state index in [4.69, 9.17) is 4.52 Å². The van der Waals surface area contributed by atoms with Crippen LogP contribution in [-0.2, 0) is 11.2 Å². The number of likely N-dealkylation sites (tertiary alicyclic amines) is 1. The molecule has 6 heteroatoms. The predicted molar refractivity (Wildman–Crippen MR) is 80.8 cm³/mol. The molecular weight excluding hydrogens is 280 g/mol. The SMILES string of the molecule is C[C@@H]1CCCN(C(=O)CCc2nc(-c3ccccn3)no2)C1. The molecule has 1 aliphatic rings. The van der Waals surface area contributed by atoms with E-state index in [1.165, 1.54) is 6.42 Å². The predicted octanol–water partition coefficient (Wildman–Crippen LogP) is 2.32. The van der Waals surface area contributed by atoms with Crippen molar-refractivity contribution in [1.82, 2.24) is 20.0 Å². The van der Waals surface area contributed by atoms with Gasteiger partial charge in [-0.25, -0.2) is 0 Å². The van der Waals surface area contributed by atoms with Crippen molar-refractivity contribution in [3.8, 4) is 11.5 Å². The molecule has 0 aliphatic carbocycles. The Morgan fingerprint density at radius 3 is 3.14 bits per heavy atom. The number of hydrogen-bond donors (Lipinski definition) is 0. The molecule has 22 heavy (non-hydrogen) atoms. The van der Waals surface area contributed by atoms with Crippen molar-refractivity contribution in [3.63, 3.8) is 0 Å². The Morgan fingerprint density at radius 2 is 2.36 bits per heavy atom. The van der Waals surface area contributed by atoms with Crippen molar-refractivity contribution in [2.75, 3.05) is 13.1 Å². The highest BCUT2D eigenvalue weighted by Crippen LogP contribution is 2.17. The summed E-state index contributed by atoms with van der Waals surface area (Å²) in [6.07, 6.45) is 4.88. The molecule has 0 radical (unpaired) electrons. The van der Waals surface area contributed by atoms with E-state index in [1.807, 2.05) is 23.1 Å². The van der Waals surface area contributed by atoms with Crippen LogP contribution in [-0.4, -0.2) is 39.0 Å². The molecule has 116 valence electrons. The van der Waals surface area contributed by atoms with Crippen LogP contribution in [0.4, 0.5) is 0 Å². The third-order valence-corrected chi connectivity index (χ3v) is 3.92. The van der Waals surface area contributed by atoms with Gasteiger partial charge < -0.3 is 9.42 Å². The maximum Gasteiger partial charge on any atom is 0.227 e. The topological polar surface area (TPSA) is 72.1 Å². The van der Waals surface area contributed by atoms with E-state index in [0.717, 1.165) is 19.5 Å². The number of pyridine rings is 1. The normalized spacial score (nSPS) is 18.4. The van der Waals surface area contributed by atoms with Crippen LogP contribution in [0.1, 0.15) is 32.1 Å². The summed E-state index contributed by atoms with van der Waals surface area (Å²) in [5, 5.41) is 3.92. The zero-order valence-corrected chi connectivity index (χ0v) is 12.7. The average molecular weight is 300 g/mol. The van der Waals surface area contributed by atoms with Crippen molar-refractivity contribution >= 4 is 5.91 Å². The summed E-state index contributed by atoms with van der Waals surface area (Å²) in [6.45, 7) is 3.92. The Balaban J connectivity index is 1.56. The van der Waals surface area contributed by atoms with Crippen molar-refractivity contribution in [3.05, 3.63) is 30.3 Å². The monoisotopic (exact) mass is 300 g/mol. The molecule has 6 nitrogen and oxygen atoms in total. The fourth-order valence-electron chi connectivity index (χ4n) is 2.74. The highest BCUT2D eigenvalue weighted by Gasteiger charge is 2.21. The molecular formula is C16H20N4O2. The van der Waals surface area contributed by atoms with Crippen molar-refractivity contribution in [2.45, 2.75) is 32.6 Å². The van der Waals surface area contributed by atoms with Gasteiger partial charge in [-0.3, -0.25) is 9.78 Å². The lowest BCUT2D eigenvalue weighted by Gasteiger charge is -2.30. The second-order valence-corrected chi connectivity index (χ2v) is 5.81. The maximum absolute atomic E-state index is 12.2. The summed E-state index contributed by atoms with van der Waals surface area (Å²) in [4.78, 5) is 22.6. The van der Waals surface area contributed by atoms with Crippen LogP contribution in [0.3, 0.4) is 0 Å². The number of hydrogen-bond acceptors (Lipinski definition) is 5. The highest BCUT2D eigenvalue weighted by molar-refractivity contribution is 5.76. The van der Waals surface area contributed by atoms with Crippen molar-refractivity contribution in [1.29, 1.82) is 0 Å². The molecule has 0 spiro atoms. The number of amides is 1. The minimum absolute atomic E-state index is 0.170. The molecule has 1 amide bonds. The van der Waals surface area contributed by atoms with Crippen LogP contribution >= 0.6 is 0 Å². The van der Waals surface area contributed by atoms with Crippen LogP contribution in [0.2, 0.25) is 0 Å². The summed E-state index contributed by atoms with van der Waals surface area (Å²) >= 11 is 0. The quantitative estimate of drug-likeness (QED) is 0.866. The second kappa shape index (κ2) is 6.68. The summed E-state index contributed by atoms with van der Waals surface area (Å²) in [7, 11) is 0. The number of aromatic nitrogens is 3. The Bertz CT molecular complexity index is 626. The molecule has 0 bridgehead atoms. The number of carbonyl (C=O) groups excluding carboxylic acids is 1. The molecule has 0 saturated carbocycles. The van der Waals surface area contributed by atoms with Crippen LogP contribution in [0.15, 0.2) is 28.9 Å². The Hall–Kier alpha value is -2.24. The van der Waals surface area contributed by atoms with E-state index < -0.39 is 0 Å². The Morgan fingerprint density at radius 1 is 1.45 bits per heavy atom. The number of aryl methyl sites for hydroxylation is 1. The first-order valence-electron chi connectivity index (χ1n) is 7.74. The number of rotatable bonds is 4. The van der Waals surface area contributed by atoms with Crippen LogP contribution < -0.4 is 0 Å². The molecule has 3 rings (SSSR count). The molecule has 3 heterocycles. The number of piperidine rings is 1. The molecule has 0 unspecified atom stereocenters. The zero-order chi connectivity index (χ0) is 15.4. The average Bonchev–Trinajstić information content (AvgIpc) is 3.02. The van der Waals surface area contributed by atoms with E-state index in [0.29, 0.717) is 36.2 Å². The molecule has 2 aromatic rings. The van der Waals surface area contributed by atoms with Gasteiger partial charge >= 0.3 is 0 Å². The van der Waals surface area contributed by atoms with Gasteiger partial charge in [-0.05, 0) is 30.9 Å². The molecule has 1 saturated heterocycles. The largest absolute Gasteiger partial charge is 0.342 e. The van der Waals surface area contributed by atoms with Gasteiger partial charge in [0.2, 0.25) is 17.6 Å². The molecule has 1 aliphatic heterocycles. The summed E-state index contributed by atoms with van der Waals surface area (Å²) in [5.41, 5.74) is 0.675. The molecule has 1 fully saturated rings. The number of carbonyl (C=O) groups is 1. The lowest BCUT2D eigenvalue weighted by Crippen LogP contribution is -2.39. The Labute approximate surface area is 129 Å². The Kier molecular flexibility index (Phi) is 4.46. The van der Waals surface area contributed by atoms with E-state index in [9.17, 15) is 4.79 Å². The van der Waals surface area contributed by atoms with Crippen LogP contribution in [0.25, 0.3) is 11.5 Å². The summed E-state index contributed by atoms with van der Waals surface area (Å²) in [6, 6.07) is 5.54. The van der Waals surface area contributed by atoms with Gasteiger partial charge in [0.25, 0.3) is 0 Å². The molecule has 0 aromatic carbocycles. The van der Waals surface area contributed by atoms with E-state index >= 15 is 0 Å². The highest BCUT2D eigenvalue weighted by atomic mass is 16.5. The van der Waals surface area contributed by atoms with Gasteiger partial charge in [-0.1, -0.05) is 18.1 Å². The van der Waals surface area contributed by atoms with Crippen LogP contribution in [0.5, 0.6) is 0 Å². The van der Waals surface area contributed by atoms with Gasteiger partial charge in [0.15, 0.2) is 0 Å². The first-order valence-corrected chi connectivity index (χ1v) is 7.74. The van der Waals surface area contributed by atoms with Gasteiger partial charge in [-0.15, -0.1) is 0 Å². The lowest BCUT2D eigenvalue weighted by atomic mass is 10.00. The van der Waals surface area contributed by atoms with Crippen molar-refractivity contribution < 1.29 is 9.32 Å². The van der Waals surface area contributed by atoms with E-state index in [-0.39, 0.29) is 5.91 Å². The standard InChI is InChI=1S/C16H20N4O2/c1-12-5-4-10-20(11-12)15(21)8-7-14-18-16(19-22-14)13-6-2-3-9-17-13/h2-3,6,9,12H,4-5,7-8,10-11H2,1H3/t12-/m1/s1. The fourth-order valence-corrected chi connectivity index (χ4v) is 2.74. The first-order chi connectivity index (χ1) is 10.7. The first kappa shape index (κ1) is 14.7. The molecule has 1 atom stereocenters. The minimum atomic E-state index is 0.170. The third-order valence-electron chi connectivity index (χ3n) is 3.92. The smallest absolute Gasteiger partial charge is 0.227 e. The van der Waals surface area contributed by atoms with Gasteiger partial charge in [0, 0.05) is 32.1 Å². The van der Waals surface area contributed by atoms with Gasteiger partial charge in [0.1, 0.15) is 5.69 Å². The second-order valence-electron chi connectivity index (χ2n) is 5.81. The maximum atomic E-state index is 12.2. The molecule has 0 N–H and O–H groups in total. The summed E-state index contributed by atoms with van der Waals surface area (Å²) in [5.74, 6) is 1.72. The lowest BCUT2D eigenvalue weighted by molar-refractivity contribution is -0.132. The third kappa shape index (κ3) is 3.50. The summed E-state index contributed by atoms with van der Waals surface area (Å²) < 4.78 is 5.21. The van der Waals surface area contributed by atoms with Gasteiger partial charge in [-0.2, -0.15) is 4.98 Å². The van der Waals surface area contributed by atoms with Crippen LogP contribution in [0, 0.1) is 5.92 Å². The zero-order valence-electron chi connectivity index (χ0n) is 12.7. The minimum Gasteiger partial charge on any atom is -0.342 e. The van der Waals surface area contributed by atoms with Crippen molar-refractivity contribution in [2.24, 2.45) is 5.92 Å².